The molecular formula is C10H19N3O. The maximum atomic E-state index is 5.26. The number of hydrogen-bond acceptors (Lipinski definition) is 3. The summed E-state index contributed by atoms with van der Waals surface area (Å²) in [6, 6.07) is 0.357. The smallest absolute Gasteiger partial charge is 0.0662 e. The van der Waals surface area contributed by atoms with Crippen LogP contribution in [0.15, 0.2) is 12.4 Å². The molecule has 1 aromatic rings. The molecule has 4 nitrogen and oxygen atoms in total. The zero-order valence-corrected chi connectivity index (χ0v) is 9.16. The molecular weight excluding hydrogens is 178 g/mol. The Morgan fingerprint density at radius 3 is 3.07 bits per heavy atom. The predicted molar refractivity (Wildman–Crippen MR) is 56.2 cm³/mol. The molecule has 0 saturated carbocycles. The number of rotatable bonds is 6. The topological polar surface area (TPSA) is 39.1 Å². The van der Waals surface area contributed by atoms with Crippen LogP contribution in [0.25, 0.3) is 0 Å². The van der Waals surface area contributed by atoms with Gasteiger partial charge in [-0.1, -0.05) is 0 Å². The largest absolute Gasteiger partial charge is 0.380 e. The van der Waals surface area contributed by atoms with Gasteiger partial charge in [-0.3, -0.25) is 4.68 Å². The Balaban J connectivity index is 2.42. The van der Waals surface area contributed by atoms with Crippen molar-refractivity contribution in [2.24, 2.45) is 0 Å². The van der Waals surface area contributed by atoms with Crippen molar-refractivity contribution in [2.45, 2.75) is 26.4 Å². The summed E-state index contributed by atoms with van der Waals surface area (Å²) in [5, 5.41) is 7.43. The van der Waals surface area contributed by atoms with Gasteiger partial charge in [0.2, 0.25) is 0 Å². The predicted octanol–water partition coefficient (Wildman–Crippen LogP) is 1.20. The van der Waals surface area contributed by atoms with Gasteiger partial charge in [-0.15, -0.1) is 0 Å². The summed E-state index contributed by atoms with van der Waals surface area (Å²) in [5.74, 6) is 0. The summed E-state index contributed by atoms with van der Waals surface area (Å²) in [5.41, 5.74) is 1.21. The lowest BCUT2D eigenvalue weighted by atomic mass is 10.2. The molecule has 1 unspecified atom stereocenters. The van der Waals surface area contributed by atoms with Crippen LogP contribution >= 0.6 is 0 Å². The molecule has 0 amide bonds. The van der Waals surface area contributed by atoms with Gasteiger partial charge in [-0.25, -0.2) is 0 Å². The first-order chi connectivity index (χ1) is 6.77. The van der Waals surface area contributed by atoms with Gasteiger partial charge in [-0.05, 0) is 20.9 Å². The van der Waals surface area contributed by atoms with Crippen LogP contribution in [0.4, 0.5) is 0 Å². The minimum atomic E-state index is 0.357. The molecule has 0 aliphatic rings. The fourth-order valence-corrected chi connectivity index (χ4v) is 1.19. The summed E-state index contributed by atoms with van der Waals surface area (Å²) in [6.45, 7) is 6.43. The Bertz CT molecular complexity index is 260. The quantitative estimate of drug-likeness (QED) is 0.696. The van der Waals surface area contributed by atoms with E-state index in [1.54, 1.807) is 0 Å². The van der Waals surface area contributed by atoms with Gasteiger partial charge >= 0.3 is 0 Å². The summed E-state index contributed by atoms with van der Waals surface area (Å²) in [4.78, 5) is 0. The molecule has 0 aromatic carbocycles. The summed E-state index contributed by atoms with van der Waals surface area (Å²) < 4.78 is 7.17. The fourth-order valence-electron chi connectivity index (χ4n) is 1.19. The van der Waals surface area contributed by atoms with Crippen molar-refractivity contribution < 1.29 is 4.74 Å². The lowest BCUT2D eigenvalue weighted by molar-refractivity contribution is 0.136. The molecule has 0 spiro atoms. The van der Waals surface area contributed by atoms with Crippen LogP contribution in [0.2, 0.25) is 0 Å². The summed E-state index contributed by atoms with van der Waals surface area (Å²) >= 11 is 0. The van der Waals surface area contributed by atoms with E-state index in [2.05, 4.69) is 23.5 Å². The van der Waals surface area contributed by atoms with Gasteiger partial charge in [0.25, 0.3) is 0 Å². The van der Waals surface area contributed by atoms with E-state index in [0.717, 1.165) is 19.8 Å². The number of hydrogen-bond donors (Lipinski definition) is 1. The maximum Gasteiger partial charge on any atom is 0.0662 e. The van der Waals surface area contributed by atoms with Crippen LogP contribution in [0.3, 0.4) is 0 Å². The second-order valence-electron chi connectivity index (χ2n) is 3.24. The third kappa shape index (κ3) is 3.12. The minimum absolute atomic E-state index is 0.357. The Kier molecular flexibility index (Phi) is 4.62. The highest BCUT2D eigenvalue weighted by molar-refractivity contribution is 5.08. The zero-order chi connectivity index (χ0) is 10.4. The number of nitrogens with one attached hydrogen (secondary N) is 1. The van der Waals surface area contributed by atoms with Crippen molar-refractivity contribution >= 4 is 0 Å². The molecule has 1 rings (SSSR count). The number of nitrogens with zero attached hydrogens (tertiary/aromatic N) is 2. The molecule has 1 aromatic heterocycles. The van der Waals surface area contributed by atoms with Crippen LogP contribution < -0.4 is 5.32 Å². The van der Waals surface area contributed by atoms with Crippen molar-refractivity contribution in [3.05, 3.63) is 18.0 Å². The van der Waals surface area contributed by atoms with Crippen LogP contribution in [-0.4, -0.2) is 30.0 Å². The molecule has 0 aliphatic carbocycles. The second-order valence-corrected chi connectivity index (χ2v) is 3.24. The second kappa shape index (κ2) is 5.78. The first-order valence-corrected chi connectivity index (χ1v) is 5.05. The van der Waals surface area contributed by atoms with Gasteiger partial charge in [0.05, 0.1) is 19.3 Å². The van der Waals surface area contributed by atoms with Gasteiger partial charge in [-0.2, -0.15) is 5.10 Å². The van der Waals surface area contributed by atoms with Crippen LogP contribution in [0.1, 0.15) is 25.5 Å². The monoisotopic (exact) mass is 197 g/mol. The van der Waals surface area contributed by atoms with Crippen molar-refractivity contribution in [3.63, 3.8) is 0 Å². The van der Waals surface area contributed by atoms with E-state index in [4.69, 9.17) is 4.74 Å². The molecule has 4 heteroatoms. The number of ether oxygens (including phenoxy) is 1. The molecule has 0 bridgehead atoms. The molecule has 0 fully saturated rings. The van der Waals surface area contributed by atoms with Gasteiger partial charge in [0, 0.05) is 24.4 Å². The third-order valence-electron chi connectivity index (χ3n) is 2.26. The fraction of sp³-hybridized carbons (Fsp3) is 0.700. The molecule has 0 saturated heterocycles. The average Bonchev–Trinajstić information content (AvgIpc) is 2.66. The SMILES string of the molecule is CCOCCn1cc(C(C)NC)cn1. The lowest BCUT2D eigenvalue weighted by Crippen LogP contribution is -2.11. The zero-order valence-electron chi connectivity index (χ0n) is 9.16. The average molecular weight is 197 g/mol. The molecule has 14 heavy (non-hydrogen) atoms. The molecule has 80 valence electrons. The van der Waals surface area contributed by atoms with Crippen molar-refractivity contribution in [1.82, 2.24) is 15.1 Å². The molecule has 1 atom stereocenters. The first-order valence-electron chi connectivity index (χ1n) is 5.05. The summed E-state index contributed by atoms with van der Waals surface area (Å²) in [6.07, 6.45) is 3.95. The van der Waals surface area contributed by atoms with Crippen LogP contribution in [0.5, 0.6) is 0 Å². The standard InChI is InChI=1S/C10H19N3O/c1-4-14-6-5-13-8-10(7-12-13)9(2)11-3/h7-9,11H,4-6H2,1-3H3. The highest BCUT2D eigenvalue weighted by Gasteiger charge is 2.04. The van der Waals surface area contributed by atoms with E-state index in [1.165, 1.54) is 5.56 Å². The van der Waals surface area contributed by atoms with E-state index < -0.39 is 0 Å². The molecule has 0 aliphatic heterocycles. The highest BCUT2D eigenvalue weighted by Crippen LogP contribution is 2.09. The normalized spacial score (nSPS) is 13.1. The Labute approximate surface area is 85.3 Å². The van der Waals surface area contributed by atoms with E-state index in [0.29, 0.717) is 6.04 Å². The lowest BCUT2D eigenvalue weighted by Gasteiger charge is -2.05. The Morgan fingerprint density at radius 2 is 2.43 bits per heavy atom. The maximum absolute atomic E-state index is 5.26. The van der Waals surface area contributed by atoms with Crippen LogP contribution in [0, 0.1) is 0 Å². The van der Waals surface area contributed by atoms with E-state index in [-0.39, 0.29) is 0 Å². The molecule has 1 N–H and O–H groups in total. The highest BCUT2D eigenvalue weighted by atomic mass is 16.5. The molecule has 0 radical (unpaired) electrons. The van der Waals surface area contributed by atoms with E-state index in [1.807, 2.05) is 24.9 Å². The number of aromatic nitrogens is 2. The summed E-state index contributed by atoms with van der Waals surface area (Å²) in [7, 11) is 1.95. The van der Waals surface area contributed by atoms with Gasteiger partial charge in [0.1, 0.15) is 0 Å². The van der Waals surface area contributed by atoms with Crippen LogP contribution in [-0.2, 0) is 11.3 Å². The first kappa shape index (κ1) is 11.2. The van der Waals surface area contributed by atoms with Crippen molar-refractivity contribution in [2.75, 3.05) is 20.3 Å². The van der Waals surface area contributed by atoms with Crippen molar-refractivity contribution in [3.8, 4) is 0 Å². The van der Waals surface area contributed by atoms with Crippen molar-refractivity contribution in [1.29, 1.82) is 0 Å². The third-order valence-corrected chi connectivity index (χ3v) is 2.26. The molecule has 1 heterocycles. The Hall–Kier alpha value is -0.870. The Morgan fingerprint density at radius 1 is 1.64 bits per heavy atom. The van der Waals surface area contributed by atoms with E-state index in [9.17, 15) is 0 Å². The van der Waals surface area contributed by atoms with Gasteiger partial charge < -0.3 is 10.1 Å². The minimum Gasteiger partial charge on any atom is -0.380 e. The van der Waals surface area contributed by atoms with Gasteiger partial charge in [0.15, 0.2) is 0 Å². The van der Waals surface area contributed by atoms with E-state index >= 15 is 0 Å².